The van der Waals surface area contributed by atoms with Crippen LogP contribution in [0.4, 0.5) is 0 Å². The number of hydrogen-bond acceptors (Lipinski definition) is 5. The summed E-state index contributed by atoms with van der Waals surface area (Å²) in [5.41, 5.74) is 2.22. The average Bonchev–Trinajstić information content (AvgIpc) is 3.26. The smallest absolute Gasteiger partial charge is 0.325 e. The van der Waals surface area contributed by atoms with Crippen molar-refractivity contribution in [2.75, 3.05) is 13.2 Å². The predicted molar refractivity (Wildman–Crippen MR) is 103 cm³/mol. The Bertz CT molecular complexity index is 904. The molecule has 0 aliphatic rings. The van der Waals surface area contributed by atoms with Gasteiger partial charge in [-0.3, -0.25) is 9.59 Å². The van der Waals surface area contributed by atoms with Crippen molar-refractivity contribution < 1.29 is 19.1 Å². The van der Waals surface area contributed by atoms with Crippen LogP contribution >= 0.6 is 0 Å². The van der Waals surface area contributed by atoms with Gasteiger partial charge in [-0.25, -0.2) is 4.68 Å². The molecule has 1 aromatic heterocycles. The lowest BCUT2D eigenvalue weighted by Crippen LogP contribution is -2.30. The highest BCUT2D eigenvalue weighted by atomic mass is 16.5. The van der Waals surface area contributed by atoms with Gasteiger partial charge in [0.05, 0.1) is 12.3 Å². The number of carbonyl (C=O) groups excluding carboxylic acids is 2. The zero-order valence-electron chi connectivity index (χ0n) is 15.5. The van der Waals surface area contributed by atoms with Gasteiger partial charge in [0, 0.05) is 18.0 Å². The molecule has 1 N–H and O–H groups in total. The van der Waals surface area contributed by atoms with Crippen LogP contribution in [-0.2, 0) is 16.1 Å². The van der Waals surface area contributed by atoms with Gasteiger partial charge in [-0.1, -0.05) is 12.1 Å². The zero-order chi connectivity index (χ0) is 19.8. The Morgan fingerprint density at radius 3 is 2.46 bits per heavy atom. The number of amides is 1. The monoisotopic (exact) mass is 379 g/mol. The highest BCUT2D eigenvalue weighted by Crippen LogP contribution is 2.12. The molecule has 144 valence electrons. The van der Waals surface area contributed by atoms with Crippen LogP contribution in [0.2, 0.25) is 0 Å². The Labute approximate surface area is 162 Å². The van der Waals surface area contributed by atoms with Crippen molar-refractivity contribution in [2.24, 2.45) is 0 Å². The van der Waals surface area contributed by atoms with Crippen LogP contribution in [0.15, 0.2) is 67.0 Å². The molecule has 3 rings (SSSR count). The number of nitrogens with one attached hydrogen (secondary N) is 1. The quantitative estimate of drug-likeness (QED) is 0.609. The standard InChI is InChI=1S/C21H21N3O4/c1-2-27-19-10-6-17(7-11-19)21(26)22-14-20(25)28-15-16-4-8-18(9-5-16)24-13-3-12-23-24/h3-13H,2,14-15H2,1H3,(H,22,26). The van der Waals surface area contributed by atoms with Gasteiger partial charge in [0.2, 0.25) is 0 Å². The van der Waals surface area contributed by atoms with Gasteiger partial charge >= 0.3 is 5.97 Å². The molecule has 0 saturated carbocycles. The Morgan fingerprint density at radius 2 is 1.82 bits per heavy atom. The summed E-state index contributed by atoms with van der Waals surface area (Å²) in [6.07, 6.45) is 3.55. The molecule has 1 heterocycles. The highest BCUT2D eigenvalue weighted by molar-refractivity contribution is 5.96. The summed E-state index contributed by atoms with van der Waals surface area (Å²) in [7, 11) is 0. The molecule has 3 aromatic rings. The second kappa shape index (κ2) is 9.36. The largest absolute Gasteiger partial charge is 0.494 e. The van der Waals surface area contributed by atoms with Crippen molar-refractivity contribution in [3.05, 3.63) is 78.1 Å². The maximum atomic E-state index is 12.1. The second-order valence-electron chi connectivity index (χ2n) is 5.92. The summed E-state index contributed by atoms with van der Waals surface area (Å²) >= 11 is 0. The van der Waals surface area contributed by atoms with Gasteiger partial charge < -0.3 is 14.8 Å². The minimum absolute atomic E-state index is 0.136. The Morgan fingerprint density at radius 1 is 1.07 bits per heavy atom. The van der Waals surface area contributed by atoms with Crippen molar-refractivity contribution in [3.8, 4) is 11.4 Å². The lowest BCUT2D eigenvalue weighted by atomic mass is 10.2. The molecule has 0 aliphatic carbocycles. The van der Waals surface area contributed by atoms with E-state index in [1.165, 1.54) is 0 Å². The van der Waals surface area contributed by atoms with E-state index in [9.17, 15) is 9.59 Å². The molecular weight excluding hydrogens is 358 g/mol. The first-order valence-corrected chi connectivity index (χ1v) is 8.91. The minimum atomic E-state index is -0.504. The van der Waals surface area contributed by atoms with Gasteiger partial charge in [0.25, 0.3) is 5.91 Å². The summed E-state index contributed by atoms with van der Waals surface area (Å²) in [5, 5.41) is 6.70. The van der Waals surface area contributed by atoms with Crippen LogP contribution in [0.1, 0.15) is 22.8 Å². The molecule has 0 saturated heterocycles. The molecule has 1 amide bonds. The van der Waals surface area contributed by atoms with E-state index in [0.29, 0.717) is 17.9 Å². The number of aromatic nitrogens is 2. The first-order chi connectivity index (χ1) is 13.7. The molecule has 0 unspecified atom stereocenters. The van der Waals surface area contributed by atoms with E-state index in [1.807, 2.05) is 43.5 Å². The number of nitrogens with zero attached hydrogens (tertiary/aromatic N) is 2. The van der Waals surface area contributed by atoms with Crippen molar-refractivity contribution in [3.63, 3.8) is 0 Å². The van der Waals surface area contributed by atoms with Crippen LogP contribution in [-0.4, -0.2) is 34.8 Å². The van der Waals surface area contributed by atoms with E-state index in [1.54, 1.807) is 35.1 Å². The normalized spacial score (nSPS) is 10.3. The van der Waals surface area contributed by atoms with Crippen LogP contribution in [0.3, 0.4) is 0 Å². The number of hydrogen-bond donors (Lipinski definition) is 1. The number of benzene rings is 2. The molecule has 7 heteroatoms. The van der Waals surface area contributed by atoms with Crippen molar-refractivity contribution in [1.29, 1.82) is 0 Å². The average molecular weight is 379 g/mol. The third-order valence-corrected chi connectivity index (χ3v) is 3.93. The summed E-state index contributed by atoms with van der Waals surface area (Å²) < 4.78 is 12.3. The maximum absolute atomic E-state index is 12.1. The van der Waals surface area contributed by atoms with E-state index in [4.69, 9.17) is 9.47 Å². The topological polar surface area (TPSA) is 82.5 Å². The third kappa shape index (κ3) is 5.20. The zero-order valence-corrected chi connectivity index (χ0v) is 15.5. The van der Waals surface area contributed by atoms with E-state index in [0.717, 1.165) is 11.3 Å². The molecule has 28 heavy (non-hydrogen) atoms. The predicted octanol–water partition coefficient (Wildman–Crippen LogP) is 2.74. The molecule has 7 nitrogen and oxygen atoms in total. The number of esters is 1. The summed E-state index contributed by atoms with van der Waals surface area (Å²) in [5.74, 6) is -0.156. The van der Waals surface area contributed by atoms with Gasteiger partial charge in [0.15, 0.2) is 0 Å². The van der Waals surface area contributed by atoms with Crippen LogP contribution < -0.4 is 10.1 Å². The Kier molecular flexibility index (Phi) is 6.41. The minimum Gasteiger partial charge on any atom is -0.494 e. The number of carbonyl (C=O) groups is 2. The molecule has 0 bridgehead atoms. The second-order valence-corrected chi connectivity index (χ2v) is 5.92. The van der Waals surface area contributed by atoms with Gasteiger partial charge in [-0.05, 0) is 55.0 Å². The molecule has 0 atom stereocenters. The van der Waals surface area contributed by atoms with E-state index in [2.05, 4.69) is 10.4 Å². The SMILES string of the molecule is CCOc1ccc(C(=O)NCC(=O)OCc2ccc(-n3cccn3)cc2)cc1. The Hall–Kier alpha value is -3.61. The Balaban J connectivity index is 1.43. The van der Waals surface area contributed by atoms with Gasteiger partial charge in [0.1, 0.15) is 18.9 Å². The fraction of sp³-hybridized carbons (Fsp3) is 0.190. The third-order valence-electron chi connectivity index (χ3n) is 3.93. The molecular formula is C21H21N3O4. The first-order valence-electron chi connectivity index (χ1n) is 8.91. The van der Waals surface area contributed by atoms with Crippen LogP contribution in [0.5, 0.6) is 5.75 Å². The lowest BCUT2D eigenvalue weighted by molar-refractivity contribution is -0.143. The fourth-order valence-corrected chi connectivity index (χ4v) is 2.51. The van der Waals surface area contributed by atoms with Crippen molar-refractivity contribution in [1.82, 2.24) is 15.1 Å². The van der Waals surface area contributed by atoms with E-state index >= 15 is 0 Å². The van der Waals surface area contributed by atoms with E-state index < -0.39 is 5.97 Å². The van der Waals surface area contributed by atoms with Gasteiger partial charge in [-0.2, -0.15) is 5.10 Å². The highest BCUT2D eigenvalue weighted by Gasteiger charge is 2.09. The fourth-order valence-electron chi connectivity index (χ4n) is 2.51. The summed E-state index contributed by atoms with van der Waals surface area (Å²) in [6.45, 7) is 2.39. The van der Waals surface area contributed by atoms with Crippen molar-refractivity contribution in [2.45, 2.75) is 13.5 Å². The first kappa shape index (κ1) is 19.2. The van der Waals surface area contributed by atoms with Crippen molar-refractivity contribution >= 4 is 11.9 Å². The summed E-state index contributed by atoms with van der Waals surface area (Å²) in [6, 6.07) is 16.1. The summed E-state index contributed by atoms with van der Waals surface area (Å²) in [4.78, 5) is 23.9. The molecule has 0 aliphatic heterocycles. The number of rotatable bonds is 8. The molecule has 2 aromatic carbocycles. The lowest BCUT2D eigenvalue weighted by Gasteiger charge is -2.08. The van der Waals surface area contributed by atoms with Crippen LogP contribution in [0.25, 0.3) is 5.69 Å². The maximum Gasteiger partial charge on any atom is 0.325 e. The molecule has 0 spiro atoms. The van der Waals surface area contributed by atoms with Crippen LogP contribution in [0, 0.1) is 0 Å². The molecule has 0 fully saturated rings. The van der Waals surface area contributed by atoms with E-state index in [-0.39, 0.29) is 19.1 Å². The molecule has 0 radical (unpaired) electrons. The number of ether oxygens (including phenoxy) is 2. The van der Waals surface area contributed by atoms with Gasteiger partial charge in [-0.15, -0.1) is 0 Å².